The van der Waals surface area contributed by atoms with Crippen LogP contribution in [0.25, 0.3) is 0 Å². The lowest BCUT2D eigenvalue weighted by atomic mass is 10.1. The summed E-state index contributed by atoms with van der Waals surface area (Å²) >= 11 is 0. The van der Waals surface area contributed by atoms with Gasteiger partial charge in [-0.3, -0.25) is 9.69 Å². The average Bonchev–Trinajstić information content (AvgIpc) is 3.13. The zero-order chi connectivity index (χ0) is 15.7. The van der Waals surface area contributed by atoms with E-state index in [0.717, 1.165) is 35.9 Å². The van der Waals surface area contributed by atoms with Gasteiger partial charge in [-0.1, -0.05) is 5.16 Å². The van der Waals surface area contributed by atoms with Gasteiger partial charge in [0, 0.05) is 37.6 Å². The average molecular weight is 303 g/mol. The zero-order valence-corrected chi connectivity index (χ0v) is 13.2. The van der Waals surface area contributed by atoms with Crippen LogP contribution in [0.1, 0.15) is 28.9 Å². The number of nitrogens with zero attached hydrogens (tertiary/aromatic N) is 4. The second-order valence-electron chi connectivity index (χ2n) is 5.79. The number of piperazine rings is 1. The Labute approximate surface area is 129 Å². The second kappa shape index (κ2) is 5.92. The van der Waals surface area contributed by atoms with Gasteiger partial charge in [0.2, 0.25) is 5.91 Å². The number of H-pyrrole nitrogens is 1. The molecule has 0 saturated carbocycles. The van der Waals surface area contributed by atoms with Crippen LogP contribution in [0.5, 0.6) is 0 Å². The highest BCUT2D eigenvalue weighted by atomic mass is 16.5. The van der Waals surface area contributed by atoms with Crippen LogP contribution in [0.3, 0.4) is 0 Å². The van der Waals surface area contributed by atoms with Crippen LogP contribution >= 0.6 is 0 Å². The van der Waals surface area contributed by atoms with Crippen molar-refractivity contribution in [2.24, 2.45) is 0 Å². The van der Waals surface area contributed by atoms with Gasteiger partial charge < -0.3 is 14.4 Å². The Hall–Kier alpha value is -2.15. The van der Waals surface area contributed by atoms with E-state index >= 15 is 0 Å². The molecule has 1 aliphatic heterocycles. The van der Waals surface area contributed by atoms with E-state index in [1.165, 1.54) is 0 Å². The van der Waals surface area contributed by atoms with Crippen molar-refractivity contribution in [3.8, 4) is 0 Å². The summed E-state index contributed by atoms with van der Waals surface area (Å²) in [5.41, 5.74) is 1.70. The van der Waals surface area contributed by atoms with E-state index in [0.29, 0.717) is 13.0 Å². The molecule has 118 valence electrons. The summed E-state index contributed by atoms with van der Waals surface area (Å²) in [7, 11) is 2.06. The predicted octanol–water partition coefficient (Wildman–Crippen LogP) is 1.07. The minimum Gasteiger partial charge on any atom is -0.361 e. The molecule has 2 aromatic rings. The van der Waals surface area contributed by atoms with E-state index in [1.807, 2.05) is 24.9 Å². The van der Waals surface area contributed by atoms with E-state index in [1.54, 1.807) is 6.20 Å². The monoisotopic (exact) mass is 303 g/mol. The molecule has 0 aliphatic carbocycles. The van der Waals surface area contributed by atoms with E-state index in [4.69, 9.17) is 4.52 Å². The fraction of sp³-hybridized carbons (Fsp3) is 0.533. The molecule has 3 rings (SSSR count). The molecule has 0 unspecified atom stereocenters. The van der Waals surface area contributed by atoms with Gasteiger partial charge in [0.1, 0.15) is 11.6 Å². The smallest absolute Gasteiger partial charge is 0.227 e. The SMILES string of the molecule is Cc1noc(C)c1CC(=O)N1CCN(C)[C@@H](c2ncc[nH]2)C1. The molecule has 7 nitrogen and oxygen atoms in total. The molecule has 1 aliphatic rings. The Morgan fingerprint density at radius 3 is 2.91 bits per heavy atom. The molecule has 1 amide bonds. The first kappa shape index (κ1) is 14.8. The summed E-state index contributed by atoms with van der Waals surface area (Å²) in [5.74, 6) is 1.74. The number of aryl methyl sites for hydroxylation is 2. The van der Waals surface area contributed by atoms with Crippen LogP contribution in [0.2, 0.25) is 0 Å². The van der Waals surface area contributed by atoms with Crippen molar-refractivity contribution >= 4 is 5.91 Å². The summed E-state index contributed by atoms with van der Waals surface area (Å²) in [6.45, 7) is 5.92. The first-order chi connectivity index (χ1) is 10.6. The van der Waals surface area contributed by atoms with Crippen molar-refractivity contribution in [3.05, 3.63) is 35.2 Å². The number of nitrogens with one attached hydrogen (secondary N) is 1. The third-order valence-corrected chi connectivity index (χ3v) is 4.34. The molecule has 0 spiro atoms. The quantitative estimate of drug-likeness (QED) is 0.917. The highest BCUT2D eigenvalue weighted by molar-refractivity contribution is 5.79. The maximum atomic E-state index is 12.6. The Morgan fingerprint density at radius 1 is 1.45 bits per heavy atom. The maximum Gasteiger partial charge on any atom is 0.227 e. The topological polar surface area (TPSA) is 78.3 Å². The van der Waals surface area contributed by atoms with Crippen LogP contribution in [-0.4, -0.2) is 57.5 Å². The summed E-state index contributed by atoms with van der Waals surface area (Å²) in [5, 5.41) is 3.91. The van der Waals surface area contributed by atoms with Gasteiger partial charge in [0.25, 0.3) is 0 Å². The minimum absolute atomic E-state index is 0.109. The number of imidazole rings is 1. The van der Waals surface area contributed by atoms with Gasteiger partial charge in [-0.05, 0) is 20.9 Å². The summed E-state index contributed by atoms with van der Waals surface area (Å²) in [6.07, 6.45) is 3.90. The minimum atomic E-state index is 0.109. The first-order valence-corrected chi connectivity index (χ1v) is 7.45. The number of aromatic nitrogens is 3. The summed E-state index contributed by atoms with van der Waals surface area (Å²) in [4.78, 5) is 24.2. The molecule has 2 aromatic heterocycles. The largest absolute Gasteiger partial charge is 0.361 e. The van der Waals surface area contributed by atoms with Crippen LogP contribution in [0.4, 0.5) is 0 Å². The molecule has 3 heterocycles. The number of rotatable bonds is 3. The lowest BCUT2D eigenvalue weighted by molar-refractivity contribution is -0.133. The standard InChI is InChI=1S/C15H21N5O2/c1-10-12(11(2)22-18-10)8-14(21)20-7-6-19(3)13(9-20)15-16-4-5-17-15/h4-5,13H,6-9H2,1-3H3,(H,16,17)/t13-/m1/s1. The van der Waals surface area contributed by atoms with Crippen LogP contribution in [0.15, 0.2) is 16.9 Å². The van der Waals surface area contributed by atoms with Gasteiger partial charge in [0.15, 0.2) is 0 Å². The number of hydrogen-bond acceptors (Lipinski definition) is 5. The third-order valence-electron chi connectivity index (χ3n) is 4.34. The molecule has 7 heteroatoms. The lowest BCUT2D eigenvalue weighted by Gasteiger charge is -2.38. The van der Waals surface area contributed by atoms with Crippen molar-refractivity contribution in [2.45, 2.75) is 26.3 Å². The van der Waals surface area contributed by atoms with E-state index in [9.17, 15) is 4.79 Å². The van der Waals surface area contributed by atoms with Crippen molar-refractivity contribution in [2.75, 3.05) is 26.7 Å². The lowest BCUT2D eigenvalue weighted by Crippen LogP contribution is -2.49. The number of carbonyl (C=O) groups excluding carboxylic acids is 1. The summed E-state index contributed by atoms with van der Waals surface area (Å²) in [6, 6.07) is 0.109. The van der Waals surface area contributed by atoms with Crippen molar-refractivity contribution in [3.63, 3.8) is 0 Å². The Balaban J connectivity index is 1.71. The Kier molecular flexibility index (Phi) is 3.98. The number of carbonyl (C=O) groups is 1. The molecule has 0 bridgehead atoms. The molecule has 1 N–H and O–H groups in total. The van der Waals surface area contributed by atoms with E-state index in [2.05, 4.69) is 27.1 Å². The van der Waals surface area contributed by atoms with Crippen molar-refractivity contribution in [1.82, 2.24) is 24.9 Å². The number of amides is 1. The van der Waals surface area contributed by atoms with E-state index in [-0.39, 0.29) is 11.9 Å². The van der Waals surface area contributed by atoms with Gasteiger partial charge in [-0.2, -0.15) is 0 Å². The highest BCUT2D eigenvalue weighted by Gasteiger charge is 2.30. The molecular formula is C15H21N5O2. The second-order valence-corrected chi connectivity index (χ2v) is 5.79. The van der Waals surface area contributed by atoms with Crippen molar-refractivity contribution < 1.29 is 9.32 Å². The third kappa shape index (κ3) is 2.76. The van der Waals surface area contributed by atoms with E-state index < -0.39 is 0 Å². The normalized spacial score (nSPS) is 19.6. The molecule has 22 heavy (non-hydrogen) atoms. The number of likely N-dealkylation sites (N-methyl/N-ethyl adjacent to an activating group) is 1. The number of hydrogen-bond donors (Lipinski definition) is 1. The first-order valence-electron chi connectivity index (χ1n) is 7.45. The Morgan fingerprint density at radius 2 is 2.27 bits per heavy atom. The fourth-order valence-electron chi connectivity index (χ4n) is 2.87. The fourth-order valence-corrected chi connectivity index (χ4v) is 2.87. The van der Waals surface area contributed by atoms with Crippen molar-refractivity contribution in [1.29, 1.82) is 0 Å². The molecule has 1 saturated heterocycles. The van der Waals surface area contributed by atoms with Crippen LogP contribution in [-0.2, 0) is 11.2 Å². The number of aromatic amines is 1. The molecule has 0 radical (unpaired) electrons. The molecule has 0 aromatic carbocycles. The summed E-state index contributed by atoms with van der Waals surface area (Å²) < 4.78 is 5.14. The van der Waals surface area contributed by atoms with Gasteiger partial charge in [-0.15, -0.1) is 0 Å². The van der Waals surface area contributed by atoms with Gasteiger partial charge >= 0.3 is 0 Å². The van der Waals surface area contributed by atoms with Gasteiger partial charge in [0.05, 0.1) is 18.2 Å². The molecule has 1 fully saturated rings. The van der Waals surface area contributed by atoms with Gasteiger partial charge in [-0.25, -0.2) is 4.98 Å². The van der Waals surface area contributed by atoms with Crippen LogP contribution < -0.4 is 0 Å². The maximum absolute atomic E-state index is 12.6. The Bertz CT molecular complexity index is 629. The predicted molar refractivity (Wildman–Crippen MR) is 80.2 cm³/mol. The zero-order valence-electron chi connectivity index (χ0n) is 13.2. The molecular weight excluding hydrogens is 282 g/mol. The van der Waals surface area contributed by atoms with Crippen LogP contribution in [0, 0.1) is 13.8 Å². The highest BCUT2D eigenvalue weighted by Crippen LogP contribution is 2.22. The molecule has 1 atom stereocenters.